The van der Waals surface area contributed by atoms with Crippen molar-refractivity contribution in [3.05, 3.63) is 11.4 Å². The molecule has 108 valence electrons. The van der Waals surface area contributed by atoms with Crippen LogP contribution >= 0.6 is 0 Å². The van der Waals surface area contributed by atoms with Crippen molar-refractivity contribution in [3.63, 3.8) is 0 Å². The van der Waals surface area contributed by atoms with Gasteiger partial charge >= 0.3 is 0 Å². The van der Waals surface area contributed by atoms with Crippen LogP contribution in [0.1, 0.15) is 24.7 Å². The topological polar surface area (TPSA) is 87.2 Å². The van der Waals surface area contributed by atoms with Crippen LogP contribution in [-0.2, 0) is 9.59 Å². The quantitative estimate of drug-likeness (QED) is 0.777. The predicted octanol–water partition coefficient (Wildman–Crippen LogP) is 0.377. The number of imide groups is 1. The maximum Gasteiger partial charge on any atom is 0.249 e. The van der Waals surface area contributed by atoms with E-state index in [1.165, 1.54) is 0 Å². The van der Waals surface area contributed by atoms with E-state index in [2.05, 4.69) is 20.6 Å². The number of nitrogens with one attached hydrogen (secondary N) is 2. The Labute approximate surface area is 117 Å². The smallest absolute Gasteiger partial charge is 0.249 e. The second-order valence-corrected chi connectivity index (χ2v) is 4.78. The molecular weight excluding hydrogens is 258 g/mol. The molecule has 2 rings (SSSR count). The monoisotopic (exact) mass is 277 g/mol. The van der Waals surface area contributed by atoms with Crippen LogP contribution in [0.5, 0.6) is 0 Å². The zero-order chi connectivity index (χ0) is 14.9. The van der Waals surface area contributed by atoms with E-state index in [1.807, 2.05) is 13.8 Å². The second kappa shape index (κ2) is 5.44. The molecule has 20 heavy (non-hydrogen) atoms. The number of anilines is 2. The van der Waals surface area contributed by atoms with Gasteiger partial charge in [0.25, 0.3) is 0 Å². The molecular formula is C13H19N5O2. The molecule has 2 N–H and O–H groups in total. The van der Waals surface area contributed by atoms with Crippen LogP contribution in [0, 0.1) is 13.8 Å². The van der Waals surface area contributed by atoms with Crippen LogP contribution in [0.15, 0.2) is 0 Å². The first-order chi connectivity index (χ1) is 9.47. The molecule has 7 nitrogen and oxygen atoms in total. The van der Waals surface area contributed by atoms with E-state index in [0.717, 1.165) is 5.56 Å². The van der Waals surface area contributed by atoms with Gasteiger partial charge in [0.2, 0.25) is 11.8 Å². The Hall–Kier alpha value is -2.18. The highest BCUT2D eigenvalue weighted by atomic mass is 16.2. The molecule has 0 aliphatic carbocycles. The lowest BCUT2D eigenvalue weighted by Gasteiger charge is -2.35. The Morgan fingerprint density at radius 2 is 2.05 bits per heavy atom. The molecule has 2 amide bonds. The van der Waals surface area contributed by atoms with Crippen molar-refractivity contribution in [1.82, 2.24) is 15.3 Å². The van der Waals surface area contributed by atoms with Crippen molar-refractivity contribution in [2.75, 3.05) is 23.8 Å². The molecule has 0 aromatic carbocycles. The average Bonchev–Trinajstić information content (AvgIpc) is 2.40. The number of carbonyl (C=O) groups excluding carboxylic acids is 2. The molecule has 1 unspecified atom stereocenters. The van der Waals surface area contributed by atoms with Gasteiger partial charge in [-0.2, -0.15) is 0 Å². The molecule has 1 aliphatic heterocycles. The van der Waals surface area contributed by atoms with E-state index in [0.29, 0.717) is 23.9 Å². The highest BCUT2D eigenvalue weighted by molar-refractivity contribution is 6.04. The lowest BCUT2D eigenvalue weighted by atomic mass is 10.1. The van der Waals surface area contributed by atoms with Gasteiger partial charge < -0.3 is 10.2 Å². The molecule has 2 heterocycles. The number of nitrogens with zero attached hydrogens (tertiary/aromatic N) is 3. The first-order valence-corrected chi connectivity index (χ1v) is 6.61. The summed E-state index contributed by atoms with van der Waals surface area (Å²) >= 11 is 0. The third kappa shape index (κ3) is 2.43. The van der Waals surface area contributed by atoms with Gasteiger partial charge in [-0.05, 0) is 20.3 Å². The summed E-state index contributed by atoms with van der Waals surface area (Å²) in [6.45, 7) is 5.71. The van der Waals surface area contributed by atoms with Crippen LogP contribution in [-0.4, -0.2) is 41.4 Å². The minimum atomic E-state index is -0.384. The normalized spacial score (nSPS) is 19.0. The van der Waals surface area contributed by atoms with Crippen LogP contribution in [0.4, 0.5) is 11.6 Å². The van der Waals surface area contributed by atoms with Gasteiger partial charge in [-0.1, -0.05) is 6.92 Å². The Balaban J connectivity index is 2.50. The standard InChI is InChI=1S/C13H19N5O2/c1-5-9-13(20)17-10(19)6-18(9)12-7(2)11(14-4)15-8(3)16-12/h9H,5-6H2,1-4H3,(H,14,15,16)(H,17,19,20). The third-order valence-electron chi connectivity index (χ3n) is 3.38. The summed E-state index contributed by atoms with van der Waals surface area (Å²) in [6, 6.07) is -0.384. The summed E-state index contributed by atoms with van der Waals surface area (Å²) in [5.41, 5.74) is 0.832. The number of piperazine rings is 1. The first-order valence-electron chi connectivity index (χ1n) is 6.61. The fraction of sp³-hybridized carbons (Fsp3) is 0.538. The third-order valence-corrected chi connectivity index (χ3v) is 3.38. The highest BCUT2D eigenvalue weighted by Crippen LogP contribution is 2.26. The zero-order valence-corrected chi connectivity index (χ0v) is 12.1. The molecule has 1 atom stereocenters. The summed E-state index contributed by atoms with van der Waals surface area (Å²) < 4.78 is 0. The maximum absolute atomic E-state index is 11.9. The minimum absolute atomic E-state index is 0.130. The first kappa shape index (κ1) is 14.2. The summed E-state index contributed by atoms with van der Waals surface area (Å²) in [4.78, 5) is 34.0. The molecule has 1 fully saturated rings. The van der Waals surface area contributed by atoms with Crippen molar-refractivity contribution in [2.24, 2.45) is 0 Å². The second-order valence-electron chi connectivity index (χ2n) is 4.78. The van der Waals surface area contributed by atoms with Crippen LogP contribution < -0.4 is 15.5 Å². The summed E-state index contributed by atoms with van der Waals surface area (Å²) in [7, 11) is 1.78. The number of rotatable bonds is 3. The molecule has 0 radical (unpaired) electrons. The number of carbonyl (C=O) groups is 2. The van der Waals surface area contributed by atoms with Crippen molar-refractivity contribution in [2.45, 2.75) is 33.2 Å². The molecule has 0 saturated carbocycles. The van der Waals surface area contributed by atoms with E-state index >= 15 is 0 Å². The largest absolute Gasteiger partial charge is 0.373 e. The lowest BCUT2D eigenvalue weighted by molar-refractivity contribution is -0.132. The van der Waals surface area contributed by atoms with Gasteiger partial charge in [-0.25, -0.2) is 9.97 Å². The molecule has 1 aliphatic rings. The van der Waals surface area contributed by atoms with Gasteiger partial charge in [-0.15, -0.1) is 0 Å². The highest BCUT2D eigenvalue weighted by Gasteiger charge is 2.34. The summed E-state index contributed by atoms with van der Waals surface area (Å²) in [6.07, 6.45) is 0.608. The van der Waals surface area contributed by atoms with E-state index in [1.54, 1.807) is 18.9 Å². The van der Waals surface area contributed by atoms with E-state index < -0.39 is 0 Å². The molecule has 1 saturated heterocycles. The van der Waals surface area contributed by atoms with E-state index in [-0.39, 0.29) is 24.4 Å². The van der Waals surface area contributed by atoms with Crippen molar-refractivity contribution in [1.29, 1.82) is 0 Å². The number of aryl methyl sites for hydroxylation is 1. The van der Waals surface area contributed by atoms with Gasteiger partial charge in [0.05, 0.1) is 6.54 Å². The maximum atomic E-state index is 11.9. The molecule has 0 spiro atoms. The lowest BCUT2D eigenvalue weighted by Crippen LogP contribution is -2.58. The van der Waals surface area contributed by atoms with Crippen molar-refractivity contribution in [3.8, 4) is 0 Å². The zero-order valence-electron chi connectivity index (χ0n) is 12.1. The van der Waals surface area contributed by atoms with Crippen LogP contribution in [0.25, 0.3) is 0 Å². The van der Waals surface area contributed by atoms with Gasteiger partial charge in [-0.3, -0.25) is 14.9 Å². The number of aromatic nitrogens is 2. The number of hydrogen-bond acceptors (Lipinski definition) is 6. The van der Waals surface area contributed by atoms with Crippen LogP contribution in [0.2, 0.25) is 0 Å². The van der Waals surface area contributed by atoms with Gasteiger partial charge in [0, 0.05) is 12.6 Å². The Kier molecular flexibility index (Phi) is 3.87. The predicted molar refractivity (Wildman–Crippen MR) is 75.6 cm³/mol. The molecule has 7 heteroatoms. The van der Waals surface area contributed by atoms with E-state index in [4.69, 9.17) is 0 Å². The minimum Gasteiger partial charge on any atom is -0.373 e. The molecule has 1 aromatic heterocycles. The summed E-state index contributed by atoms with van der Waals surface area (Å²) in [5, 5.41) is 5.37. The molecule has 1 aromatic rings. The molecule has 0 bridgehead atoms. The fourth-order valence-electron chi connectivity index (χ4n) is 2.43. The van der Waals surface area contributed by atoms with Crippen molar-refractivity contribution >= 4 is 23.5 Å². The number of hydrogen-bond donors (Lipinski definition) is 2. The fourth-order valence-corrected chi connectivity index (χ4v) is 2.43. The van der Waals surface area contributed by atoms with E-state index in [9.17, 15) is 9.59 Å². The van der Waals surface area contributed by atoms with Gasteiger partial charge in [0.15, 0.2) is 0 Å². The van der Waals surface area contributed by atoms with Crippen LogP contribution in [0.3, 0.4) is 0 Å². The Morgan fingerprint density at radius 3 is 2.65 bits per heavy atom. The Bertz CT molecular complexity index is 558. The number of amides is 2. The average molecular weight is 277 g/mol. The van der Waals surface area contributed by atoms with Crippen molar-refractivity contribution < 1.29 is 9.59 Å². The Morgan fingerprint density at radius 1 is 1.35 bits per heavy atom. The summed E-state index contributed by atoms with van der Waals surface area (Å²) in [5.74, 6) is 1.37. The SMILES string of the molecule is CCC1C(=O)NC(=O)CN1c1nc(C)nc(NC)c1C. The van der Waals surface area contributed by atoms with Gasteiger partial charge in [0.1, 0.15) is 23.5 Å².